The van der Waals surface area contributed by atoms with Gasteiger partial charge in [0.2, 0.25) is 11.8 Å². The van der Waals surface area contributed by atoms with Crippen molar-refractivity contribution in [3.05, 3.63) is 65.2 Å². The van der Waals surface area contributed by atoms with Crippen LogP contribution in [0.15, 0.2) is 48.5 Å². The fraction of sp³-hybridized carbons (Fsp3) is 0.588. The summed E-state index contributed by atoms with van der Waals surface area (Å²) in [6.45, 7) is 7.45. The Labute approximate surface area is 251 Å². The van der Waals surface area contributed by atoms with Crippen molar-refractivity contribution in [2.75, 3.05) is 31.5 Å². The van der Waals surface area contributed by atoms with Gasteiger partial charge in [-0.2, -0.15) is 0 Å². The number of ether oxygens (including phenoxy) is 2. The molecule has 2 heterocycles. The van der Waals surface area contributed by atoms with Gasteiger partial charge in [0.05, 0.1) is 18.8 Å². The Kier molecular flexibility index (Phi) is 12.8. The van der Waals surface area contributed by atoms with E-state index in [0.717, 1.165) is 61.3 Å². The molecule has 230 valence electrons. The summed E-state index contributed by atoms with van der Waals surface area (Å²) >= 11 is 0. The van der Waals surface area contributed by atoms with E-state index in [9.17, 15) is 14.7 Å². The number of likely N-dealkylation sites (tertiary alicyclic amines) is 1. The van der Waals surface area contributed by atoms with E-state index in [2.05, 4.69) is 34.6 Å². The number of hydrogen-bond acceptors (Lipinski definition) is 6. The lowest BCUT2D eigenvalue weighted by molar-refractivity contribution is -0.276. The number of benzene rings is 2. The molecule has 3 N–H and O–H groups in total. The molecule has 4 unspecified atom stereocenters. The number of unbranched alkanes of at least 4 members (excludes halogenated alkanes) is 2. The molecule has 0 saturated carbocycles. The summed E-state index contributed by atoms with van der Waals surface area (Å²) in [6.07, 6.45) is 8.58. The molecule has 0 aromatic heterocycles. The third-order valence-corrected chi connectivity index (χ3v) is 8.41. The Morgan fingerprint density at radius 2 is 1.67 bits per heavy atom. The highest BCUT2D eigenvalue weighted by Gasteiger charge is 2.39. The molecule has 2 aliphatic rings. The number of hydrogen-bond donors (Lipinski definition) is 3. The van der Waals surface area contributed by atoms with Crippen molar-refractivity contribution < 1.29 is 24.2 Å². The maximum atomic E-state index is 12.6. The molecule has 4 atom stereocenters. The first-order valence-electron chi connectivity index (χ1n) is 15.8. The lowest BCUT2D eigenvalue weighted by Crippen LogP contribution is -2.45. The van der Waals surface area contributed by atoms with Crippen LogP contribution in [0.3, 0.4) is 0 Å². The van der Waals surface area contributed by atoms with E-state index in [-0.39, 0.29) is 36.5 Å². The van der Waals surface area contributed by atoms with Crippen LogP contribution in [0.5, 0.6) is 0 Å². The number of carbonyl (C=O) groups is 2. The lowest BCUT2D eigenvalue weighted by Gasteiger charge is -2.43. The van der Waals surface area contributed by atoms with Gasteiger partial charge in [0, 0.05) is 43.6 Å². The molecule has 4 rings (SSSR count). The second kappa shape index (κ2) is 16.8. The quantitative estimate of drug-likeness (QED) is 0.272. The number of aliphatic hydroxyl groups excluding tert-OH is 1. The first kappa shape index (κ1) is 32.1. The summed E-state index contributed by atoms with van der Waals surface area (Å²) in [4.78, 5) is 26.2. The molecule has 8 heteroatoms. The second-order valence-corrected chi connectivity index (χ2v) is 11.9. The maximum Gasteiger partial charge on any atom is 0.224 e. The second-order valence-electron chi connectivity index (χ2n) is 11.9. The predicted molar refractivity (Wildman–Crippen MR) is 165 cm³/mol. The monoisotopic (exact) mass is 579 g/mol. The van der Waals surface area contributed by atoms with Gasteiger partial charge < -0.3 is 30.1 Å². The topological polar surface area (TPSA) is 100 Å². The first-order valence-corrected chi connectivity index (χ1v) is 15.8. The van der Waals surface area contributed by atoms with Crippen molar-refractivity contribution in [2.45, 2.75) is 96.7 Å². The molecule has 2 amide bonds. The highest BCUT2D eigenvalue weighted by atomic mass is 16.7. The van der Waals surface area contributed by atoms with Crippen LogP contribution in [0, 0.1) is 5.92 Å². The maximum absolute atomic E-state index is 12.6. The molecule has 8 nitrogen and oxygen atoms in total. The third-order valence-electron chi connectivity index (χ3n) is 8.41. The standard InChI is InChI=1S/C34H49N3O5/c1-25-31(23-37-20-9-4-3-5-10-21-37)41-34(42-33(25)28-17-15-27(24-38)16-18-28)29-12-11-13-30(22-29)36-32(40)14-7-6-8-19-35-26(2)39/h11-13,15-18,22,25,31,33-34,38H,3-10,14,19-21,23-24H2,1-2H3,(H,35,39)(H,36,40). The smallest absolute Gasteiger partial charge is 0.224 e. The minimum absolute atomic E-state index is 0.0126. The largest absolute Gasteiger partial charge is 0.392 e. The number of nitrogens with zero attached hydrogens (tertiary/aromatic N) is 1. The van der Waals surface area contributed by atoms with E-state index in [4.69, 9.17) is 9.47 Å². The van der Waals surface area contributed by atoms with Crippen LogP contribution in [0.2, 0.25) is 0 Å². The zero-order valence-electron chi connectivity index (χ0n) is 25.4. The van der Waals surface area contributed by atoms with Crippen molar-refractivity contribution in [1.29, 1.82) is 0 Å². The van der Waals surface area contributed by atoms with Gasteiger partial charge in [0.15, 0.2) is 6.29 Å². The summed E-state index contributed by atoms with van der Waals surface area (Å²) in [6, 6.07) is 15.8. The highest BCUT2D eigenvalue weighted by Crippen LogP contribution is 2.42. The minimum Gasteiger partial charge on any atom is -0.392 e. The molecule has 2 saturated heterocycles. The molecule has 2 fully saturated rings. The number of aliphatic hydroxyl groups is 1. The summed E-state index contributed by atoms with van der Waals surface area (Å²) < 4.78 is 13.3. The summed E-state index contributed by atoms with van der Waals surface area (Å²) in [5.41, 5.74) is 3.56. The fourth-order valence-electron chi connectivity index (χ4n) is 5.92. The Morgan fingerprint density at radius 1 is 0.929 bits per heavy atom. The number of carbonyl (C=O) groups excluding carboxylic acids is 2. The van der Waals surface area contributed by atoms with Crippen LogP contribution in [-0.2, 0) is 25.7 Å². The van der Waals surface area contributed by atoms with Gasteiger partial charge in [-0.25, -0.2) is 0 Å². The van der Waals surface area contributed by atoms with Gasteiger partial charge in [-0.3, -0.25) is 9.59 Å². The average molecular weight is 580 g/mol. The van der Waals surface area contributed by atoms with Crippen molar-refractivity contribution >= 4 is 17.5 Å². The van der Waals surface area contributed by atoms with Crippen LogP contribution < -0.4 is 10.6 Å². The van der Waals surface area contributed by atoms with Gasteiger partial charge in [-0.15, -0.1) is 0 Å². The van der Waals surface area contributed by atoms with E-state index in [1.165, 1.54) is 39.0 Å². The van der Waals surface area contributed by atoms with Crippen molar-refractivity contribution in [3.8, 4) is 0 Å². The molecular formula is C34H49N3O5. The van der Waals surface area contributed by atoms with Crippen LogP contribution in [0.4, 0.5) is 5.69 Å². The predicted octanol–water partition coefficient (Wildman–Crippen LogP) is 5.87. The number of anilines is 1. The zero-order chi connectivity index (χ0) is 29.7. The number of rotatable bonds is 12. The molecule has 2 aromatic rings. The van der Waals surface area contributed by atoms with Crippen LogP contribution >= 0.6 is 0 Å². The van der Waals surface area contributed by atoms with Gasteiger partial charge in [0.25, 0.3) is 0 Å². The summed E-state index contributed by atoms with van der Waals surface area (Å²) in [7, 11) is 0. The Balaban J connectivity index is 1.43. The Morgan fingerprint density at radius 3 is 2.38 bits per heavy atom. The molecule has 0 radical (unpaired) electrons. The number of nitrogens with one attached hydrogen (secondary N) is 2. The van der Waals surface area contributed by atoms with Gasteiger partial charge in [-0.05, 0) is 62.0 Å². The Hall–Kier alpha value is -2.78. The average Bonchev–Trinajstić information content (AvgIpc) is 2.97. The van der Waals surface area contributed by atoms with Gasteiger partial charge in [-0.1, -0.05) is 69.0 Å². The van der Waals surface area contributed by atoms with E-state index in [1.807, 2.05) is 36.4 Å². The van der Waals surface area contributed by atoms with Gasteiger partial charge in [0.1, 0.15) is 0 Å². The minimum atomic E-state index is -0.561. The highest BCUT2D eigenvalue weighted by molar-refractivity contribution is 5.90. The molecule has 0 spiro atoms. The third kappa shape index (κ3) is 9.90. The fourth-order valence-corrected chi connectivity index (χ4v) is 5.92. The summed E-state index contributed by atoms with van der Waals surface area (Å²) in [5, 5.41) is 15.4. The number of amides is 2. The Bertz CT molecular complexity index is 1120. The van der Waals surface area contributed by atoms with Crippen LogP contribution in [-0.4, -0.2) is 54.1 Å². The molecule has 2 aromatic carbocycles. The van der Waals surface area contributed by atoms with E-state index >= 15 is 0 Å². The normalized spacial score (nSPS) is 23.5. The SMILES string of the molecule is CC(=O)NCCCCCC(=O)Nc1cccc(C2OC(CN3CCCCCCC3)C(C)C(c3ccc(CO)cc3)O2)c1. The molecule has 42 heavy (non-hydrogen) atoms. The molecule has 0 bridgehead atoms. The molecule has 2 aliphatic heterocycles. The van der Waals surface area contributed by atoms with E-state index in [1.54, 1.807) is 0 Å². The summed E-state index contributed by atoms with van der Waals surface area (Å²) in [5.74, 6) is 0.0883. The molecule has 0 aliphatic carbocycles. The van der Waals surface area contributed by atoms with Crippen molar-refractivity contribution in [2.24, 2.45) is 5.92 Å². The van der Waals surface area contributed by atoms with Crippen LogP contribution in [0.1, 0.15) is 101 Å². The van der Waals surface area contributed by atoms with Crippen molar-refractivity contribution in [3.63, 3.8) is 0 Å². The van der Waals surface area contributed by atoms with Crippen LogP contribution in [0.25, 0.3) is 0 Å². The van der Waals surface area contributed by atoms with Crippen molar-refractivity contribution in [1.82, 2.24) is 10.2 Å². The van der Waals surface area contributed by atoms with Gasteiger partial charge >= 0.3 is 0 Å². The lowest BCUT2D eigenvalue weighted by atomic mass is 9.89. The van der Waals surface area contributed by atoms with E-state index in [0.29, 0.717) is 13.0 Å². The van der Waals surface area contributed by atoms with E-state index < -0.39 is 6.29 Å². The zero-order valence-corrected chi connectivity index (χ0v) is 25.4. The molecular weight excluding hydrogens is 530 g/mol. The first-order chi connectivity index (χ1) is 20.4.